The average Bonchev–Trinajstić information content (AvgIpc) is 2.15. The van der Waals surface area contributed by atoms with Crippen LogP contribution < -0.4 is 10.1 Å². The lowest BCUT2D eigenvalue weighted by Gasteiger charge is -2.04. The Bertz CT molecular complexity index is 303. The minimum Gasteiger partial charge on any atom is -0.480 e. The molecule has 0 unspecified atom stereocenters. The number of nitrogens with zero attached hydrogens (tertiary/aromatic N) is 2. The molecule has 0 aliphatic rings. The van der Waals surface area contributed by atoms with Gasteiger partial charge in [-0.2, -0.15) is 4.98 Å². The number of ether oxygens (including phenoxy) is 1. The fourth-order valence-electron chi connectivity index (χ4n) is 0.718. The maximum absolute atomic E-state index is 5.56. The fourth-order valence-corrected chi connectivity index (χ4v) is 0.785. The fraction of sp³-hybridized carbons (Fsp3) is 0.250. The van der Waals surface area contributed by atoms with E-state index >= 15 is 0 Å². The molecule has 0 aliphatic heterocycles. The quantitative estimate of drug-likeness (QED) is 0.801. The van der Waals surface area contributed by atoms with E-state index in [1.54, 1.807) is 6.20 Å². The van der Waals surface area contributed by atoms with Crippen molar-refractivity contribution in [2.45, 2.75) is 0 Å². The Kier molecular flexibility index (Phi) is 3.52. The summed E-state index contributed by atoms with van der Waals surface area (Å²) in [6.07, 6.45) is 3.11. The Morgan fingerprint density at radius 3 is 3.08 bits per heavy atom. The number of aromatic nitrogens is 2. The molecule has 0 amide bonds. The van der Waals surface area contributed by atoms with E-state index in [1.807, 2.05) is 0 Å². The van der Waals surface area contributed by atoms with E-state index in [0.717, 1.165) is 0 Å². The first-order chi connectivity index (χ1) is 6.22. The van der Waals surface area contributed by atoms with Crippen LogP contribution in [0.2, 0.25) is 0 Å². The van der Waals surface area contributed by atoms with Gasteiger partial charge >= 0.3 is 0 Å². The summed E-state index contributed by atoms with van der Waals surface area (Å²) < 4.78 is 4.89. The summed E-state index contributed by atoms with van der Waals surface area (Å²) in [5.41, 5.74) is 0. The lowest BCUT2D eigenvalue weighted by atomic mass is 10.5. The van der Waals surface area contributed by atoms with Gasteiger partial charge in [-0.25, -0.2) is 0 Å². The van der Waals surface area contributed by atoms with Crippen molar-refractivity contribution in [2.24, 2.45) is 0 Å². The summed E-state index contributed by atoms with van der Waals surface area (Å²) in [6.45, 7) is 4.00. The van der Waals surface area contributed by atoms with Crippen molar-refractivity contribution in [1.29, 1.82) is 0 Å². The van der Waals surface area contributed by atoms with E-state index in [4.69, 9.17) is 16.3 Å². The van der Waals surface area contributed by atoms with Gasteiger partial charge in [0.05, 0.1) is 26.0 Å². The second kappa shape index (κ2) is 4.67. The molecule has 0 saturated heterocycles. The van der Waals surface area contributed by atoms with Gasteiger partial charge in [0.2, 0.25) is 5.88 Å². The van der Waals surface area contributed by atoms with Crippen molar-refractivity contribution in [1.82, 2.24) is 9.97 Å². The van der Waals surface area contributed by atoms with Crippen LogP contribution in [0.15, 0.2) is 24.0 Å². The van der Waals surface area contributed by atoms with Gasteiger partial charge in [-0.05, 0) is 0 Å². The van der Waals surface area contributed by atoms with E-state index in [-0.39, 0.29) is 0 Å². The van der Waals surface area contributed by atoms with Gasteiger partial charge in [-0.3, -0.25) is 4.98 Å². The molecular formula is C8H10ClN3O. The summed E-state index contributed by atoms with van der Waals surface area (Å²) in [5, 5.41) is 3.45. The van der Waals surface area contributed by atoms with Crippen LogP contribution in [0.4, 0.5) is 5.82 Å². The van der Waals surface area contributed by atoms with Crippen molar-refractivity contribution in [3.05, 3.63) is 24.0 Å². The smallest absolute Gasteiger partial charge is 0.233 e. The van der Waals surface area contributed by atoms with E-state index in [9.17, 15) is 0 Å². The Morgan fingerprint density at radius 1 is 1.69 bits per heavy atom. The highest BCUT2D eigenvalue weighted by Gasteiger charge is 1.97. The van der Waals surface area contributed by atoms with Gasteiger partial charge in [-0.1, -0.05) is 18.2 Å². The van der Waals surface area contributed by atoms with Gasteiger partial charge in [0, 0.05) is 5.03 Å². The van der Waals surface area contributed by atoms with Crippen molar-refractivity contribution >= 4 is 17.4 Å². The summed E-state index contributed by atoms with van der Waals surface area (Å²) >= 11 is 5.56. The largest absolute Gasteiger partial charge is 0.480 e. The van der Waals surface area contributed by atoms with Crippen molar-refractivity contribution < 1.29 is 4.74 Å². The molecule has 13 heavy (non-hydrogen) atoms. The number of nitrogens with one attached hydrogen (secondary N) is 1. The van der Waals surface area contributed by atoms with Crippen molar-refractivity contribution in [2.75, 3.05) is 19.0 Å². The zero-order chi connectivity index (χ0) is 9.68. The first kappa shape index (κ1) is 9.80. The van der Waals surface area contributed by atoms with Crippen LogP contribution >= 0.6 is 11.6 Å². The zero-order valence-electron chi connectivity index (χ0n) is 7.25. The molecule has 0 fully saturated rings. The predicted octanol–water partition coefficient (Wildman–Crippen LogP) is 1.65. The average molecular weight is 200 g/mol. The molecule has 1 aromatic heterocycles. The van der Waals surface area contributed by atoms with Crippen LogP contribution in [0.25, 0.3) is 0 Å². The maximum atomic E-state index is 5.56. The highest BCUT2D eigenvalue weighted by molar-refractivity contribution is 6.29. The Balaban J connectivity index is 2.61. The summed E-state index contributed by atoms with van der Waals surface area (Å²) in [4.78, 5) is 7.98. The second-order valence-electron chi connectivity index (χ2n) is 2.32. The molecule has 1 rings (SSSR count). The van der Waals surface area contributed by atoms with E-state index < -0.39 is 0 Å². The number of hydrogen-bond acceptors (Lipinski definition) is 4. The molecule has 70 valence electrons. The van der Waals surface area contributed by atoms with Gasteiger partial charge in [-0.15, -0.1) is 0 Å². The maximum Gasteiger partial charge on any atom is 0.233 e. The van der Waals surface area contributed by atoms with Gasteiger partial charge < -0.3 is 10.1 Å². The highest BCUT2D eigenvalue weighted by Crippen LogP contribution is 2.08. The number of methoxy groups -OCH3 is 1. The molecule has 0 atom stereocenters. The van der Waals surface area contributed by atoms with E-state index in [2.05, 4.69) is 21.9 Å². The molecule has 1 heterocycles. The normalized spacial score (nSPS) is 9.38. The van der Waals surface area contributed by atoms with Crippen LogP contribution in [0.1, 0.15) is 0 Å². The predicted molar refractivity (Wildman–Crippen MR) is 52.1 cm³/mol. The third-order valence-electron chi connectivity index (χ3n) is 1.28. The van der Waals surface area contributed by atoms with Gasteiger partial charge in [0.1, 0.15) is 5.82 Å². The molecule has 1 aromatic rings. The highest BCUT2D eigenvalue weighted by atomic mass is 35.5. The third kappa shape index (κ3) is 3.29. The number of rotatable bonds is 4. The molecule has 0 radical (unpaired) electrons. The van der Waals surface area contributed by atoms with Crippen LogP contribution in [-0.2, 0) is 0 Å². The van der Waals surface area contributed by atoms with Gasteiger partial charge in [0.25, 0.3) is 0 Å². The first-order valence-corrected chi connectivity index (χ1v) is 4.03. The number of halogens is 1. The van der Waals surface area contributed by atoms with Crippen molar-refractivity contribution in [3.63, 3.8) is 0 Å². The minimum atomic E-state index is 0.462. The van der Waals surface area contributed by atoms with Crippen LogP contribution in [-0.4, -0.2) is 23.6 Å². The van der Waals surface area contributed by atoms with Gasteiger partial charge in [0.15, 0.2) is 0 Å². The van der Waals surface area contributed by atoms with Crippen LogP contribution in [0, 0.1) is 0 Å². The first-order valence-electron chi connectivity index (χ1n) is 3.65. The molecule has 5 heteroatoms. The number of hydrogen-bond donors (Lipinski definition) is 1. The Hall–Kier alpha value is -1.29. The molecule has 0 saturated carbocycles. The lowest BCUT2D eigenvalue weighted by molar-refractivity contribution is 0.396. The standard InChI is InChI=1S/C8H10ClN3O/c1-6(9)3-11-7-4-10-5-8(12-7)13-2/h4-5H,1,3H2,2H3,(H,11,12). The topological polar surface area (TPSA) is 47.0 Å². The third-order valence-corrected chi connectivity index (χ3v) is 1.42. The Morgan fingerprint density at radius 2 is 2.46 bits per heavy atom. The summed E-state index contributed by atoms with van der Waals surface area (Å²) in [7, 11) is 1.54. The summed E-state index contributed by atoms with van der Waals surface area (Å²) in [5.74, 6) is 1.08. The molecular weight excluding hydrogens is 190 g/mol. The molecule has 1 N–H and O–H groups in total. The van der Waals surface area contributed by atoms with Crippen LogP contribution in [0.5, 0.6) is 5.88 Å². The zero-order valence-corrected chi connectivity index (χ0v) is 8.01. The lowest BCUT2D eigenvalue weighted by Crippen LogP contribution is -2.03. The second-order valence-corrected chi connectivity index (χ2v) is 2.85. The SMILES string of the molecule is C=C(Cl)CNc1cncc(OC)n1. The van der Waals surface area contributed by atoms with E-state index in [0.29, 0.717) is 23.3 Å². The van der Waals surface area contributed by atoms with Crippen molar-refractivity contribution in [3.8, 4) is 5.88 Å². The van der Waals surface area contributed by atoms with E-state index in [1.165, 1.54) is 13.3 Å². The minimum absolute atomic E-state index is 0.462. The molecule has 0 aromatic carbocycles. The molecule has 0 aliphatic carbocycles. The molecule has 0 bridgehead atoms. The monoisotopic (exact) mass is 199 g/mol. The number of anilines is 1. The molecule has 0 spiro atoms. The van der Waals surface area contributed by atoms with Crippen LogP contribution in [0.3, 0.4) is 0 Å². The summed E-state index contributed by atoms with van der Waals surface area (Å²) in [6, 6.07) is 0. The Labute approximate surface area is 81.6 Å². The molecule has 4 nitrogen and oxygen atoms in total.